The van der Waals surface area contributed by atoms with Gasteiger partial charge >= 0.3 is 5.97 Å². The highest BCUT2D eigenvalue weighted by atomic mass is 17.2. The summed E-state index contributed by atoms with van der Waals surface area (Å²) in [5.41, 5.74) is 0. The van der Waals surface area contributed by atoms with E-state index >= 15 is 0 Å². The average molecular weight is 370 g/mol. The van der Waals surface area contributed by atoms with Gasteiger partial charge < -0.3 is 44.8 Å². The molecule has 0 saturated carbocycles. The van der Waals surface area contributed by atoms with E-state index in [1.165, 1.54) is 6.92 Å². The minimum absolute atomic E-state index is 0.873. The SMILES string of the molecule is COC(=O)[C@H]1O[C@H](OO[C@H]2C(O)O[C@@H](C)[C@H](O)[C@H]2O)[C@H](O)[C@@H](O)[C@H]1O. The number of methoxy groups -OCH3 is 1. The van der Waals surface area contributed by atoms with E-state index in [1.54, 1.807) is 0 Å². The number of carbonyl (C=O) groups excluding carboxylic acids is 1. The van der Waals surface area contributed by atoms with E-state index in [0.717, 1.165) is 7.11 Å². The number of rotatable bonds is 4. The van der Waals surface area contributed by atoms with Gasteiger partial charge in [-0.1, -0.05) is 0 Å². The van der Waals surface area contributed by atoms with Crippen molar-refractivity contribution in [2.45, 2.75) is 68.3 Å². The fourth-order valence-electron chi connectivity index (χ4n) is 2.48. The van der Waals surface area contributed by atoms with Crippen LogP contribution < -0.4 is 0 Å². The first-order valence-corrected chi connectivity index (χ1v) is 7.48. The van der Waals surface area contributed by atoms with Crippen molar-refractivity contribution in [2.24, 2.45) is 0 Å². The predicted octanol–water partition coefficient (Wildman–Crippen LogP) is -4.26. The van der Waals surface area contributed by atoms with Crippen LogP contribution in [0.2, 0.25) is 0 Å². The van der Waals surface area contributed by atoms with Gasteiger partial charge in [0.05, 0.1) is 13.2 Å². The smallest absolute Gasteiger partial charge is 0.337 e. The first-order valence-electron chi connectivity index (χ1n) is 7.48. The standard InChI is InChI=1S/C13H22O12/c1-3-4(14)6(16)10(12(20)22-3)24-25-13-8(18)5(15)7(17)9(23-13)11(19)21-2/h3-10,12-18,20H,1-2H3/t3-,4-,5-,6+,7+,8+,9-,10+,12?,13+/m0/s1. The van der Waals surface area contributed by atoms with Crippen molar-refractivity contribution in [3.8, 4) is 0 Å². The molecule has 0 aromatic rings. The van der Waals surface area contributed by atoms with Gasteiger partial charge in [0.15, 0.2) is 18.5 Å². The summed E-state index contributed by atoms with van der Waals surface area (Å²) in [6.45, 7) is 1.42. The third kappa shape index (κ3) is 4.09. The number of esters is 1. The van der Waals surface area contributed by atoms with Crippen molar-refractivity contribution in [2.75, 3.05) is 7.11 Å². The van der Waals surface area contributed by atoms with Crippen LogP contribution in [0.1, 0.15) is 6.92 Å². The Bertz CT molecular complexity index is 460. The van der Waals surface area contributed by atoms with Crippen LogP contribution in [-0.4, -0.2) is 105 Å². The highest BCUT2D eigenvalue weighted by molar-refractivity contribution is 5.75. The van der Waals surface area contributed by atoms with Gasteiger partial charge in [-0.05, 0) is 6.92 Å². The predicted molar refractivity (Wildman–Crippen MR) is 73.2 cm³/mol. The van der Waals surface area contributed by atoms with Crippen LogP contribution in [0.25, 0.3) is 0 Å². The van der Waals surface area contributed by atoms with Crippen molar-refractivity contribution < 1.29 is 59.4 Å². The lowest BCUT2D eigenvalue weighted by Crippen LogP contribution is -2.62. The van der Waals surface area contributed by atoms with E-state index in [2.05, 4.69) is 4.74 Å². The first kappa shape index (κ1) is 20.4. The zero-order valence-corrected chi connectivity index (χ0v) is 13.4. The van der Waals surface area contributed by atoms with Crippen LogP contribution in [0.5, 0.6) is 0 Å². The van der Waals surface area contributed by atoms with Crippen LogP contribution in [0, 0.1) is 0 Å². The van der Waals surface area contributed by atoms with Gasteiger partial charge in [-0.15, -0.1) is 0 Å². The van der Waals surface area contributed by atoms with Crippen molar-refractivity contribution in [3.05, 3.63) is 0 Å². The second-order valence-corrected chi connectivity index (χ2v) is 5.79. The molecular weight excluding hydrogens is 348 g/mol. The summed E-state index contributed by atoms with van der Waals surface area (Å²) < 4.78 is 14.3. The molecule has 0 amide bonds. The maximum absolute atomic E-state index is 11.5. The van der Waals surface area contributed by atoms with E-state index in [0.29, 0.717) is 0 Å². The summed E-state index contributed by atoms with van der Waals surface area (Å²) in [5.74, 6) is -1.03. The van der Waals surface area contributed by atoms with E-state index < -0.39 is 67.4 Å². The van der Waals surface area contributed by atoms with Crippen LogP contribution in [0.3, 0.4) is 0 Å². The molecule has 2 fully saturated rings. The second kappa shape index (κ2) is 8.18. The van der Waals surface area contributed by atoms with E-state index in [4.69, 9.17) is 19.2 Å². The topological polar surface area (TPSA) is 185 Å². The van der Waals surface area contributed by atoms with E-state index in [9.17, 15) is 35.4 Å². The minimum atomic E-state index is -1.82. The molecule has 2 aliphatic heterocycles. The Hall–Kier alpha value is -0.930. The fraction of sp³-hybridized carbons (Fsp3) is 0.923. The second-order valence-electron chi connectivity index (χ2n) is 5.79. The lowest BCUT2D eigenvalue weighted by molar-refractivity contribution is -0.466. The monoisotopic (exact) mass is 370 g/mol. The molecule has 2 heterocycles. The molecule has 0 aromatic carbocycles. The summed E-state index contributed by atoms with van der Waals surface area (Å²) in [7, 11) is 1.02. The van der Waals surface area contributed by atoms with Gasteiger partial charge in [0.1, 0.15) is 30.5 Å². The lowest BCUT2D eigenvalue weighted by Gasteiger charge is -2.41. The van der Waals surface area contributed by atoms with Gasteiger partial charge in [-0.25, -0.2) is 14.6 Å². The molecule has 12 heteroatoms. The molecule has 2 aliphatic rings. The molecule has 25 heavy (non-hydrogen) atoms. The Morgan fingerprint density at radius 1 is 0.840 bits per heavy atom. The van der Waals surface area contributed by atoms with Crippen molar-refractivity contribution in [3.63, 3.8) is 0 Å². The molecule has 12 nitrogen and oxygen atoms in total. The molecule has 2 saturated heterocycles. The molecule has 1 unspecified atom stereocenters. The molecular formula is C13H22O12. The molecule has 10 atom stereocenters. The molecule has 0 aromatic heterocycles. The third-order valence-corrected chi connectivity index (χ3v) is 4.07. The number of hydrogen-bond acceptors (Lipinski definition) is 12. The van der Waals surface area contributed by atoms with Gasteiger partial charge in [0.25, 0.3) is 0 Å². The first-order chi connectivity index (χ1) is 11.7. The quantitative estimate of drug-likeness (QED) is 0.159. The Morgan fingerprint density at radius 3 is 2.08 bits per heavy atom. The number of aliphatic hydroxyl groups is 6. The fourth-order valence-corrected chi connectivity index (χ4v) is 2.48. The summed E-state index contributed by atoms with van der Waals surface area (Å²) in [4.78, 5) is 21.0. The highest BCUT2D eigenvalue weighted by Gasteiger charge is 2.50. The zero-order valence-electron chi connectivity index (χ0n) is 13.4. The molecule has 0 radical (unpaired) electrons. The number of carbonyl (C=O) groups is 1. The molecule has 2 rings (SSSR count). The third-order valence-electron chi connectivity index (χ3n) is 4.07. The largest absolute Gasteiger partial charge is 0.467 e. The Labute approximate surface area is 142 Å². The van der Waals surface area contributed by atoms with Gasteiger partial charge in [0.2, 0.25) is 6.29 Å². The number of ether oxygens (including phenoxy) is 3. The summed E-state index contributed by atoms with van der Waals surface area (Å²) >= 11 is 0. The maximum Gasteiger partial charge on any atom is 0.337 e. The summed E-state index contributed by atoms with van der Waals surface area (Å²) in [6, 6.07) is 0. The molecule has 0 spiro atoms. The maximum atomic E-state index is 11.5. The molecule has 0 aliphatic carbocycles. The van der Waals surface area contributed by atoms with Crippen LogP contribution in [-0.2, 0) is 28.8 Å². The van der Waals surface area contributed by atoms with Gasteiger partial charge in [0, 0.05) is 0 Å². The normalized spacial score (nSPS) is 48.2. The average Bonchev–Trinajstić information content (AvgIpc) is 2.58. The molecule has 6 N–H and O–H groups in total. The summed E-state index contributed by atoms with van der Waals surface area (Å²) in [6.07, 6.45) is -15.9. The van der Waals surface area contributed by atoms with Gasteiger partial charge in [-0.2, -0.15) is 0 Å². The minimum Gasteiger partial charge on any atom is -0.467 e. The highest BCUT2D eigenvalue weighted by Crippen LogP contribution is 2.26. The van der Waals surface area contributed by atoms with Crippen LogP contribution in [0.4, 0.5) is 0 Å². The Morgan fingerprint density at radius 2 is 1.48 bits per heavy atom. The lowest BCUT2D eigenvalue weighted by atomic mass is 9.99. The van der Waals surface area contributed by atoms with Crippen molar-refractivity contribution in [1.29, 1.82) is 0 Å². The number of aliphatic hydroxyl groups excluding tert-OH is 6. The van der Waals surface area contributed by atoms with E-state index in [1.807, 2.05) is 0 Å². The molecule has 0 bridgehead atoms. The summed E-state index contributed by atoms with van der Waals surface area (Å²) in [5, 5.41) is 58.7. The van der Waals surface area contributed by atoms with Crippen LogP contribution in [0.15, 0.2) is 0 Å². The Kier molecular flexibility index (Phi) is 6.67. The van der Waals surface area contributed by atoms with E-state index in [-0.39, 0.29) is 0 Å². The van der Waals surface area contributed by atoms with Crippen LogP contribution >= 0.6 is 0 Å². The van der Waals surface area contributed by atoms with Crippen molar-refractivity contribution >= 4 is 5.97 Å². The molecule has 146 valence electrons. The van der Waals surface area contributed by atoms with Gasteiger partial charge in [-0.3, -0.25) is 0 Å². The zero-order chi connectivity index (χ0) is 18.9. The number of hydrogen-bond donors (Lipinski definition) is 6. The van der Waals surface area contributed by atoms with Crippen molar-refractivity contribution in [1.82, 2.24) is 0 Å². The Balaban J connectivity index is 2.02.